The van der Waals surface area contributed by atoms with E-state index in [1.807, 2.05) is 4.90 Å². The van der Waals surface area contributed by atoms with Gasteiger partial charge in [0.15, 0.2) is 0 Å². The van der Waals surface area contributed by atoms with Gasteiger partial charge >= 0.3 is 0 Å². The fourth-order valence-corrected chi connectivity index (χ4v) is 3.18. The zero-order valence-electron chi connectivity index (χ0n) is 12.8. The minimum Gasteiger partial charge on any atom is -0.490 e. The van der Waals surface area contributed by atoms with Crippen molar-refractivity contribution in [2.24, 2.45) is 0 Å². The Morgan fingerprint density at radius 3 is 2.50 bits per heavy atom. The molecule has 1 atom stereocenters. The van der Waals surface area contributed by atoms with Gasteiger partial charge in [0.1, 0.15) is 17.7 Å². The molecule has 5 heteroatoms. The van der Waals surface area contributed by atoms with Gasteiger partial charge in [-0.3, -0.25) is 4.79 Å². The second-order valence-electron chi connectivity index (χ2n) is 6.10. The van der Waals surface area contributed by atoms with Crippen molar-refractivity contribution in [3.8, 4) is 5.75 Å². The number of ether oxygens (including phenoxy) is 1. The van der Waals surface area contributed by atoms with Gasteiger partial charge in [0.2, 0.25) is 5.91 Å². The quantitative estimate of drug-likeness (QED) is 0.932. The summed E-state index contributed by atoms with van der Waals surface area (Å²) in [6.45, 7) is 2.42. The third-order valence-corrected chi connectivity index (χ3v) is 4.48. The molecule has 1 unspecified atom stereocenters. The van der Waals surface area contributed by atoms with Gasteiger partial charge in [0.05, 0.1) is 6.04 Å². The Bertz CT molecular complexity index is 492. The second kappa shape index (κ2) is 7.09. The SMILES string of the molecule is O=C(C1CCCCN1)N1CCC(Oc2ccc(F)cc2)CC1. The van der Waals surface area contributed by atoms with Gasteiger partial charge in [0.25, 0.3) is 0 Å². The maximum atomic E-state index is 12.9. The Morgan fingerprint density at radius 2 is 1.86 bits per heavy atom. The number of carbonyl (C=O) groups excluding carboxylic acids is 1. The standard InChI is InChI=1S/C17H23FN2O2/c18-13-4-6-14(7-5-13)22-15-8-11-20(12-9-15)17(21)16-3-1-2-10-19-16/h4-7,15-16,19H,1-3,8-12H2. The number of hydrogen-bond donors (Lipinski definition) is 1. The fourth-order valence-electron chi connectivity index (χ4n) is 3.18. The molecule has 22 heavy (non-hydrogen) atoms. The Balaban J connectivity index is 1.47. The maximum absolute atomic E-state index is 12.9. The molecule has 0 saturated carbocycles. The van der Waals surface area contributed by atoms with Crippen LogP contribution >= 0.6 is 0 Å². The topological polar surface area (TPSA) is 41.6 Å². The third kappa shape index (κ3) is 3.77. The Kier molecular flexibility index (Phi) is 4.93. The monoisotopic (exact) mass is 306 g/mol. The zero-order chi connectivity index (χ0) is 15.4. The molecular weight excluding hydrogens is 283 g/mol. The molecule has 2 aliphatic rings. The second-order valence-corrected chi connectivity index (χ2v) is 6.10. The van der Waals surface area contributed by atoms with Crippen LogP contribution in [0.25, 0.3) is 0 Å². The first kappa shape index (κ1) is 15.3. The Morgan fingerprint density at radius 1 is 1.14 bits per heavy atom. The average molecular weight is 306 g/mol. The molecule has 4 nitrogen and oxygen atoms in total. The van der Waals surface area contributed by atoms with Crippen molar-refractivity contribution in [1.82, 2.24) is 10.2 Å². The summed E-state index contributed by atoms with van der Waals surface area (Å²) in [5, 5.41) is 3.31. The molecule has 1 N–H and O–H groups in total. The smallest absolute Gasteiger partial charge is 0.239 e. The van der Waals surface area contributed by atoms with Crippen LogP contribution in [0.3, 0.4) is 0 Å². The molecule has 0 aromatic heterocycles. The summed E-state index contributed by atoms with van der Waals surface area (Å²) in [4.78, 5) is 14.4. The van der Waals surface area contributed by atoms with Crippen molar-refractivity contribution < 1.29 is 13.9 Å². The third-order valence-electron chi connectivity index (χ3n) is 4.48. The van der Waals surface area contributed by atoms with Gasteiger partial charge in [-0.15, -0.1) is 0 Å². The molecule has 0 aliphatic carbocycles. The molecule has 120 valence electrons. The normalized spacial score (nSPS) is 23.3. The van der Waals surface area contributed by atoms with Gasteiger partial charge in [-0.1, -0.05) is 6.42 Å². The molecule has 1 aromatic rings. The van der Waals surface area contributed by atoms with Crippen LogP contribution in [0.4, 0.5) is 4.39 Å². The molecule has 2 aliphatic heterocycles. The van der Waals surface area contributed by atoms with E-state index < -0.39 is 0 Å². The van der Waals surface area contributed by atoms with Gasteiger partial charge < -0.3 is 15.0 Å². The number of hydrogen-bond acceptors (Lipinski definition) is 3. The molecule has 2 heterocycles. The minimum atomic E-state index is -0.257. The lowest BCUT2D eigenvalue weighted by Crippen LogP contribution is -2.51. The van der Waals surface area contributed by atoms with Crippen LogP contribution < -0.4 is 10.1 Å². The summed E-state index contributed by atoms with van der Waals surface area (Å²) in [6, 6.07) is 6.12. The number of amides is 1. The Hall–Kier alpha value is -1.62. The van der Waals surface area contributed by atoms with Crippen LogP contribution in [0.1, 0.15) is 32.1 Å². The van der Waals surface area contributed by atoms with Crippen LogP contribution in [0, 0.1) is 5.82 Å². The van der Waals surface area contributed by atoms with E-state index in [0.717, 1.165) is 51.7 Å². The largest absolute Gasteiger partial charge is 0.490 e. The number of rotatable bonds is 3. The Labute approximate surface area is 130 Å². The van der Waals surface area contributed by atoms with E-state index in [4.69, 9.17) is 4.74 Å². The highest BCUT2D eigenvalue weighted by atomic mass is 19.1. The summed E-state index contributed by atoms with van der Waals surface area (Å²) in [7, 11) is 0. The fraction of sp³-hybridized carbons (Fsp3) is 0.588. The molecule has 0 bridgehead atoms. The van der Waals surface area contributed by atoms with Crippen molar-refractivity contribution in [3.05, 3.63) is 30.1 Å². The molecule has 1 aromatic carbocycles. The molecule has 3 rings (SSSR count). The number of carbonyl (C=O) groups is 1. The van der Waals surface area contributed by atoms with E-state index in [0.29, 0.717) is 5.75 Å². The van der Waals surface area contributed by atoms with Gasteiger partial charge in [-0.25, -0.2) is 4.39 Å². The van der Waals surface area contributed by atoms with Crippen LogP contribution in [0.2, 0.25) is 0 Å². The highest BCUT2D eigenvalue weighted by molar-refractivity contribution is 5.82. The number of likely N-dealkylation sites (tertiary alicyclic amines) is 1. The van der Waals surface area contributed by atoms with Crippen molar-refractivity contribution in [3.63, 3.8) is 0 Å². The van der Waals surface area contributed by atoms with Gasteiger partial charge in [-0.05, 0) is 43.7 Å². The summed E-state index contributed by atoms with van der Waals surface area (Å²) in [5.74, 6) is 0.674. The van der Waals surface area contributed by atoms with Gasteiger partial charge in [-0.2, -0.15) is 0 Å². The predicted molar refractivity (Wildman–Crippen MR) is 82.3 cm³/mol. The summed E-state index contributed by atoms with van der Waals surface area (Å²) >= 11 is 0. The molecule has 2 saturated heterocycles. The predicted octanol–water partition coefficient (Wildman–Crippen LogP) is 2.34. The van der Waals surface area contributed by atoms with E-state index in [9.17, 15) is 9.18 Å². The van der Waals surface area contributed by atoms with Crippen molar-refractivity contribution >= 4 is 5.91 Å². The first-order chi connectivity index (χ1) is 10.7. The van der Waals surface area contributed by atoms with E-state index in [-0.39, 0.29) is 23.9 Å². The van der Waals surface area contributed by atoms with Crippen LogP contribution in [-0.2, 0) is 4.79 Å². The number of piperidine rings is 2. The maximum Gasteiger partial charge on any atom is 0.239 e. The van der Waals surface area contributed by atoms with Crippen LogP contribution in [-0.4, -0.2) is 42.6 Å². The first-order valence-electron chi connectivity index (χ1n) is 8.17. The molecule has 2 fully saturated rings. The van der Waals surface area contributed by atoms with E-state index in [2.05, 4.69) is 5.32 Å². The number of benzene rings is 1. The van der Waals surface area contributed by atoms with Crippen LogP contribution in [0.5, 0.6) is 5.75 Å². The molecule has 0 spiro atoms. The first-order valence-corrected chi connectivity index (χ1v) is 8.17. The summed E-state index contributed by atoms with van der Waals surface area (Å²) < 4.78 is 18.7. The molecular formula is C17H23FN2O2. The van der Waals surface area contributed by atoms with E-state index in [1.54, 1.807) is 12.1 Å². The number of halogens is 1. The van der Waals surface area contributed by atoms with E-state index >= 15 is 0 Å². The van der Waals surface area contributed by atoms with Crippen molar-refractivity contribution in [2.45, 2.75) is 44.2 Å². The summed E-state index contributed by atoms with van der Waals surface area (Å²) in [5.41, 5.74) is 0. The van der Waals surface area contributed by atoms with Crippen molar-refractivity contribution in [2.75, 3.05) is 19.6 Å². The lowest BCUT2D eigenvalue weighted by molar-refractivity contribution is -0.135. The highest BCUT2D eigenvalue weighted by Crippen LogP contribution is 2.20. The zero-order valence-corrected chi connectivity index (χ0v) is 12.8. The minimum absolute atomic E-state index is 0.00307. The lowest BCUT2D eigenvalue weighted by atomic mass is 10.0. The summed E-state index contributed by atoms with van der Waals surface area (Å²) in [6.07, 6.45) is 5.01. The molecule has 0 radical (unpaired) electrons. The average Bonchev–Trinajstić information content (AvgIpc) is 2.58. The van der Waals surface area contributed by atoms with E-state index in [1.165, 1.54) is 12.1 Å². The number of nitrogens with zero attached hydrogens (tertiary/aromatic N) is 1. The molecule has 1 amide bonds. The number of nitrogens with one attached hydrogen (secondary N) is 1. The van der Waals surface area contributed by atoms with Crippen LogP contribution in [0.15, 0.2) is 24.3 Å². The highest BCUT2D eigenvalue weighted by Gasteiger charge is 2.29. The van der Waals surface area contributed by atoms with Crippen molar-refractivity contribution in [1.29, 1.82) is 0 Å². The van der Waals surface area contributed by atoms with Gasteiger partial charge in [0, 0.05) is 25.9 Å². The lowest BCUT2D eigenvalue weighted by Gasteiger charge is -2.35.